The van der Waals surface area contributed by atoms with Crippen molar-refractivity contribution in [3.8, 4) is 5.75 Å². The van der Waals surface area contributed by atoms with E-state index in [1.165, 1.54) is 0 Å². The summed E-state index contributed by atoms with van der Waals surface area (Å²) < 4.78 is 11.0. The van der Waals surface area contributed by atoms with Crippen LogP contribution in [0.4, 0.5) is 0 Å². The van der Waals surface area contributed by atoms with Crippen LogP contribution in [-0.2, 0) is 11.3 Å². The highest BCUT2D eigenvalue weighted by Crippen LogP contribution is 2.21. The Kier molecular flexibility index (Phi) is 5.99. The summed E-state index contributed by atoms with van der Waals surface area (Å²) in [5, 5.41) is 10.4. The van der Waals surface area contributed by atoms with Crippen molar-refractivity contribution >= 4 is 0 Å². The van der Waals surface area contributed by atoms with Gasteiger partial charge in [0.05, 0.1) is 5.60 Å². The van der Waals surface area contributed by atoms with Gasteiger partial charge in [-0.2, -0.15) is 0 Å². The normalized spacial score (nSPS) is 17.9. The topological polar surface area (TPSA) is 68.0 Å². The first-order chi connectivity index (χ1) is 10.1. The molecule has 0 radical (unpaired) electrons. The van der Waals surface area contributed by atoms with Gasteiger partial charge in [0.2, 0.25) is 0 Å². The maximum Gasteiger partial charge on any atom is 0.119 e. The summed E-state index contributed by atoms with van der Waals surface area (Å²) in [6, 6.07) is 7.84. The minimum Gasteiger partial charge on any atom is -0.492 e. The zero-order valence-electron chi connectivity index (χ0n) is 12.8. The first-order valence-corrected chi connectivity index (χ1v) is 7.52. The average Bonchev–Trinajstić information content (AvgIpc) is 2.47. The van der Waals surface area contributed by atoms with Gasteiger partial charge in [0.1, 0.15) is 12.4 Å². The quantitative estimate of drug-likeness (QED) is 0.785. The van der Waals surface area contributed by atoms with Crippen LogP contribution in [0.25, 0.3) is 0 Å². The number of benzene rings is 1. The molecule has 21 heavy (non-hydrogen) atoms. The molecule has 1 fully saturated rings. The molecule has 0 aromatic heterocycles. The SMILES string of the molecule is CN(CCOc1cccc(CN)c1)CC1(O)CCOCC1. The highest BCUT2D eigenvalue weighted by atomic mass is 16.5. The van der Waals surface area contributed by atoms with Crippen LogP contribution in [0.2, 0.25) is 0 Å². The van der Waals surface area contributed by atoms with E-state index in [1.807, 2.05) is 31.3 Å². The fourth-order valence-corrected chi connectivity index (χ4v) is 2.57. The molecule has 118 valence electrons. The second-order valence-corrected chi connectivity index (χ2v) is 5.77. The summed E-state index contributed by atoms with van der Waals surface area (Å²) in [6.45, 7) is 3.83. The summed E-state index contributed by atoms with van der Waals surface area (Å²) in [5.41, 5.74) is 6.06. The molecule has 0 unspecified atom stereocenters. The Bertz CT molecular complexity index is 433. The van der Waals surface area contributed by atoms with E-state index in [0.717, 1.165) is 17.9 Å². The van der Waals surface area contributed by atoms with Crippen molar-refractivity contribution in [2.75, 3.05) is 40.0 Å². The van der Waals surface area contributed by atoms with Crippen LogP contribution in [0.15, 0.2) is 24.3 Å². The largest absolute Gasteiger partial charge is 0.492 e. The van der Waals surface area contributed by atoms with E-state index in [2.05, 4.69) is 4.90 Å². The maximum absolute atomic E-state index is 10.4. The number of ether oxygens (including phenoxy) is 2. The smallest absolute Gasteiger partial charge is 0.119 e. The molecule has 0 bridgehead atoms. The summed E-state index contributed by atoms with van der Waals surface area (Å²) >= 11 is 0. The molecule has 5 heteroatoms. The van der Waals surface area contributed by atoms with Crippen molar-refractivity contribution in [2.24, 2.45) is 5.73 Å². The lowest BCUT2D eigenvalue weighted by atomic mass is 9.94. The Morgan fingerprint density at radius 1 is 1.38 bits per heavy atom. The molecule has 1 saturated heterocycles. The number of aliphatic hydroxyl groups is 1. The number of nitrogens with zero attached hydrogens (tertiary/aromatic N) is 1. The van der Waals surface area contributed by atoms with Crippen molar-refractivity contribution < 1.29 is 14.6 Å². The lowest BCUT2D eigenvalue weighted by Gasteiger charge is -2.35. The molecule has 0 amide bonds. The Balaban J connectivity index is 1.72. The fraction of sp³-hybridized carbons (Fsp3) is 0.625. The van der Waals surface area contributed by atoms with Crippen molar-refractivity contribution in [3.63, 3.8) is 0 Å². The molecule has 1 heterocycles. The van der Waals surface area contributed by atoms with Gasteiger partial charge in [-0.1, -0.05) is 12.1 Å². The number of nitrogens with two attached hydrogens (primary N) is 1. The van der Waals surface area contributed by atoms with Crippen LogP contribution in [0.3, 0.4) is 0 Å². The van der Waals surface area contributed by atoms with Crippen molar-refractivity contribution in [3.05, 3.63) is 29.8 Å². The number of hydrogen-bond donors (Lipinski definition) is 2. The highest BCUT2D eigenvalue weighted by Gasteiger charge is 2.30. The Morgan fingerprint density at radius 2 is 2.14 bits per heavy atom. The molecule has 1 aliphatic heterocycles. The van der Waals surface area contributed by atoms with Crippen molar-refractivity contribution in [1.82, 2.24) is 4.90 Å². The Labute approximate surface area is 126 Å². The van der Waals surface area contributed by atoms with Gasteiger partial charge < -0.3 is 25.2 Å². The van der Waals surface area contributed by atoms with Gasteiger partial charge in [-0.05, 0) is 24.7 Å². The van der Waals surface area contributed by atoms with Gasteiger partial charge in [0, 0.05) is 45.7 Å². The van der Waals surface area contributed by atoms with Gasteiger partial charge in [0.25, 0.3) is 0 Å². The molecular weight excluding hydrogens is 268 g/mol. The van der Waals surface area contributed by atoms with E-state index >= 15 is 0 Å². The third-order valence-corrected chi connectivity index (χ3v) is 3.86. The van der Waals surface area contributed by atoms with Crippen molar-refractivity contribution in [2.45, 2.75) is 25.0 Å². The van der Waals surface area contributed by atoms with E-state index < -0.39 is 5.60 Å². The third-order valence-electron chi connectivity index (χ3n) is 3.86. The summed E-state index contributed by atoms with van der Waals surface area (Å²) in [6.07, 6.45) is 1.41. The number of likely N-dealkylation sites (N-methyl/N-ethyl adjacent to an activating group) is 1. The lowest BCUT2D eigenvalue weighted by Crippen LogP contribution is -2.46. The second kappa shape index (κ2) is 7.75. The van der Waals surface area contributed by atoms with Crippen LogP contribution in [0.5, 0.6) is 5.75 Å². The van der Waals surface area contributed by atoms with E-state index in [1.54, 1.807) is 0 Å². The van der Waals surface area contributed by atoms with Crippen LogP contribution in [0.1, 0.15) is 18.4 Å². The van der Waals surface area contributed by atoms with Crippen LogP contribution < -0.4 is 10.5 Å². The second-order valence-electron chi connectivity index (χ2n) is 5.77. The molecular formula is C16H26N2O3. The molecule has 0 spiro atoms. The predicted molar refractivity (Wildman–Crippen MR) is 82.3 cm³/mol. The Morgan fingerprint density at radius 3 is 2.86 bits per heavy atom. The van der Waals surface area contributed by atoms with Gasteiger partial charge >= 0.3 is 0 Å². The monoisotopic (exact) mass is 294 g/mol. The van der Waals surface area contributed by atoms with E-state index in [0.29, 0.717) is 45.8 Å². The average molecular weight is 294 g/mol. The van der Waals surface area contributed by atoms with Crippen LogP contribution in [-0.4, -0.2) is 55.6 Å². The summed E-state index contributed by atoms with van der Waals surface area (Å²) in [4.78, 5) is 2.11. The summed E-state index contributed by atoms with van der Waals surface area (Å²) in [5.74, 6) is 0.844. The van der Waals surface area contributed by atoms with Gasteiger partial charge in [0.15, 0.2) is 0 Å². The number of hydrogen-bond acceptors (Lipinski definition) is 5. The molecule has 1 aromatic rings. The van der Waals surface area contributed by atoms with E-state index in [9.17, 15) is 5.11 Å². The van der Waals surface area contributed by atoms with Crippen LogP contribution >= 0.6 is 0 Å². The molecule has 0 aliphatic carbocycles. The molecule has 2 rings (SSSR count). The van der Waals surface area contributed by atoms with Gasteiger partial charge in [-0.3, -0.25) is 0 Å². The molecule has 5 nitrogen and oxygen atoms in total. The minimum atomic E-state index is -0.619. The molecule has 3 N–H and O–H groups in total. The Hall–Kier alpha value is -1.14. The predicted octanol–water partition coefficient (Wildman–Crippen LogP) is 0.997. The molecule has 0 atom stereocenters. The van der Waals surface area contributed by atoms with Gasteiger partial charge in [-0.15, -0.1) is 0 Å². The van der Waals surface area contributed by atoms with Gasteiger partial charge in [-0.25, -0.2) is 0 Å². The third kappa shape index (κ3) is 5.28. The minimum absolute atomic E-state index is 0.520. The van der Waals surface area contributed by atoms with Crippen LogP contribution in [0, 0.1) is 0 Å². The van der Waals surface area contributed by atoms with Crippen molar-refractivity contribution in [1.29, 1.82) is 0 Å². The zero-order valence-corrected chi connectivity index (χ0v) is 12.8. The molecule has 1 aromatic carbocycles. The molecule has 0 saturated carbocycles. The fourth-order valence-electron chi connectivity index (χ4n) is 2.57. The molecule has 1 aliphatic rings. The first-order valence-electron chi connectivity index (χ1n) is 7.52. The first kappa shape index (κ1) is 16.2. The number of rotatable bonds is 7. The van der Waals surface area contributed by atoms with E-state index in [4.69, 9.17) is 15.2 Å². The standard InChI is InChI=1S/C16H26N2O3/c1-18(13-16(19)5-8-20-9-6-16)7-10-21-15-4-2-3-14(11-15)12-17/h2-4,11,19H,5-10,12-13,17H2,1H3. The van der Waals surface area contributed by atoms with E-state index in [-0.39, 0.29) is 0 Å². The lowest BCUT2D eigenvalue weighted by molar-refractivity contribution is -0.0775. The maximum atomic E-state index is 10.4. The zero-order chi connectivity index (χ0) is 15.1. The summed E-state index contributed by atoms with van der Waals surface area (Å²) in [7, 11) is 2.01. The highest BCUT2D eigenvalue weighted by molar-refractivity contribution is 5.28.